The molecular formula is C99H99N23O10. The summed E-state index contributed by atoms with van der Waals surface area (Å²) < 4.78 is 13.3. The van der Waals surface area contributed by atoms with E-state index in [0.717, 1.165) is 152 Å². The molecule has 6 aliphatic rings. The Morgan fingerprint density at radius 3 is 1.40 bits per heavy atom. The van der Waals surface area contributed by atoms with Gasteiger partial charge in [-0.1, -0.05) is 170 Å². The van der Waals surface area contributed by atoms with Gasteiger partial charge in [-0.25, -0.2) is 33.9 Å². The average Bonchev–Trinajstić information content (AvgIpc) is 1.66. The number of rotatable bonds is 16. The molecule has 0 bridgehead atoms. The van der Waals surface area contributed by atoms with Crippen LogP contribution in [0.3, 0.4) is 0 Å². The van der Waals surface area contributed by atoms with Gasteiger partial charge in [0.05, 0.1) is 85.8 Å². The number of carbonyl (C=O) groups is 6. The second-order valence-electron chi connectivity index (χ2n) is 32.0. The van der Waals surface area contributed by atoms with Crippen LogP contribution in [0, 0.1) is 0 Å². The Kier molecular flexibility index (Phi) is 28.6. The Hall–Kier alpha value is -16.5. The first-order valence-electron chi connectivity index (χ1n) is 43.5. The molecule has 0 radical (unpaired) electrons. The maximum Gasteiger partial charge on any atom is 0.337 e. The number of nitrogens with zero attached hydrogens (tertiary/aromatic N) is 15. The van der Waals surface area contributed by atoms with E-state index in [1.54, 1.807) is 119 Å². The molecule has 9 amide bonds. The zero-order valence-corrected chi connectivity index (χ0v) is 73.2. The van der Waals surface area contributed by atoms with Gasteiger partial charge in [-0.05, 0) is 65.6 Å². The number of nitrogens with one attached hydrogen (secondary N) is 8. The number of hydrogen-bond acceptors (Lipinski definition) is 18. The third-order valence-electron chi connectivity index (χ3n) is 23.4. The second-order valence-corrected chi connectivity index (χ2v) is 32.0. The average molecular weight is 1770 g/mol. The maximum absolute atomic E-state index is 12.7. The monoisotopic (exact) mass is 1770 g/mol. The molecule has 0 fully saturated rings. The molecule has 132 heavy (non-hydrogen) atoms. The molecule has 0 unspecified atom stereocenters. The first kappa shape index (κ1) is 88.9. The van der Waals surface area contributed by atoms with Crippen LogP contribution in [0.15, 0.2) is 281 Å². The van der Waals surface area contributed by atoms with E-state index in [1.165, 1.54) is 33.5 Å². The van der Waals surface area contributed by atoms with E-state index < -0.39 is 5.97 Å². The highest BCUT2D eigenvalue weighted by molar-refractivity contribution is 6.15. The number of anilines is 1. The minimum atomic E-state index is -0.446. The van der Waals surface area contributed by atoms with Gasteiger partial charge in [-0.2, -0.15) is 20.4 Å². The van der Waals surface area contributed by atoms with Gasteiger partial charge in [0.15, 0.2) is 6.61 Å². The Labute approximate surface area is 760 Å². The number of urea groups is 4. The topological polar surface area (TPSA) is 395 Å². The summed E-state index contributed by atoms with van der Waals surface area (Å²) in [6.45, 7) is 7.47. The fourth-order valence-corrected chi connectivity index (χ4v) is 16.3. The summed E-state index contributed by atoms with van der Waals surface area (Å²) >= 11 is 0. The summed E-state index contributed by atoms with van der Waals surface area (Å²) in [7, 11) is 4.72. The van der Waals surface area contributed by atoms with Crippen molar-refractivity contribution in [3.05, 3.63) is 361 Å². The van der Waals surface area contributed by atoms with Crippen molar-refractivity contribution in [3.8, 4) is 50.8 Å². The molecule has 6 aliphatic heterocycles. The number of esters is 1. The van der Waals surface area contributed by atoms with Gasteiger partial charge in [0, 0.05) is 214 Å². The number of benzene rings is 6. The molecule has 670 valence electrons. The first-order chi connectivity index (χ1) is 64.5. The number of carbonyl (C=O) groups excluding carboxylic acids is 6. The highest BCUT2D eigenvalue weighted by atomic mass is 16.5. The van der Waals surface area contributed by atoms with Gasteiger partial charge >= 0.3 is 30.1 Å². The molecule has 0 spiro atoms. The van der Waals surface area contributed by atoms with Crippen LogP contribution in [0.5, 0.6) is 5.75 Å². The van der Waals surface area contributed by atoms with E-state index in [1.807, 2.05) is 157 Å². The van der Waals surface area contributed by atoms with Crippen molar-refractivity contribution in [2.45, 2.75) is 77.9 Å². The molecule has 33 nitrogen and oxygen atoms in total. The zero-order valence-electron chi connectivity index (χ0n) is 73.2. The summed E-state index contributed by atoms with van der Waals surface area (Å²) in [5.41, 5.74) is 23.5. The number of H-pyrrole nitrogens is 4. The van der Waals surface area contributed by atoms with E-state index in [9.17, 15) is 38.4 Å². The lowest BCUT2D eigenvalue weighted by Gasteiger charge is -2.29. The van der Waals surface area contributed by atoms with Crippen molar-refractivity contribution in [3.63, 3.8) is 0 Å². The van der Waals surface area contributed by atoms with Crippen LogP contribution in [-0.4, -0.2) is 191 Å². The predicted octanol–water partition coefficient (Wildman–Crippen LogP) is 12.2. The summed E-state index contributed by atoms with van der Waals surface area (Å²) in [5, 5.41) is 41.8. The lowest BCUT2D eigenvalue weighted by molar-refractivity contribution is -0.134. The number of methoxy groups -OCH3 is 1. The van der Waals surface area contributed by atoms with Crippen LogP contribution in [-0.2, 0) is 95.1 Å². The Balaban J connectivity index is 0.000000121. The van der Waals surface area contributed by atoms with E-state index in [-0.39, 0.29) is 54.3 Å². The Bertz CT molecular complexity index is 6580. The van der Waals surface area contributed by atoms with Crippen LogP contribution in [0.1, 0.15) is 84.3 Å². The lowest BCUT2D eigenvalue weighted by Crippen LogP contribution is -2.43. The Morgan fingerprint density at radius 2 is 0.909 bits per heavy atom. The number of amides is 9. The van der Waals surface area contributed by atoms with Gasteiger partial charge in [0.1, 0.15) is 11.6 Å². The number of hydrogen-bond donors (Lipinski definition) is 8. The smallest absolute Gasteiger partial charge is 0.337 e. The van der Waals surface area contributed by atoms with Crippen LogP contribution in [0.4, 0.5) is 24.9 Å². The standard InChI is InChI=1S/C22H21N3O4.2C20H21N5O2.C19H18N4O.C18H18N6O/c1-28-22(27)16-8-5-9-17(12-16)29-14-20(26)25-11-10-19-18(13-25)21(24-23-19)15-6-3-2-4-7-15;1-24-10-5-8-15(19(24)26)12-21-20(27)25-11-9-17-16(13-25)18(23-22-17)14-6-3-2-4-7-14;1-24-12-14(7-8-18(24)26)11-21-20(27)25-10-9-17-16(13-25)19(23-22-17)15-5-3-2-4-6-15;24-19(22-16-7-4-9-20-12-16)23-10-8-15-11-21-18(17(15)13-23)14-5-2-1-3-6-14;25-18(21-11-16-19-8-4-9-20-16)24-10-7-15-14(12-24)17(23-22-15)13-5-2-1-3-6-13/h2-9,12H,10-11,13-14H2,1H3,(H,23,24);2-8,10H,9,11-13H2,1H3,(H,21,27)(H,22,23);2-8,12H,9-11,13H2,1H3,(H,21,27)(H,22,23);1-7,9,12H,8,10-11,13H2,(H,22,24);1-6,8-9H,7,10-12H2,(H,21,25)(H,22,23). The molecule has 8 N–H and O–H groups in total. The van der Waals surface area contributed by atoms with Gasteiger partial charge < -0.3 is 64.4 Å². The van der Waals surface area contributed by atoms with Crippen LogP contribution in [0.25, 0.3) is 45.0 Å². The Morgan fingerprint density at radius 1 is 0.439 bits per heavy atom. The molecule has 33 heteroatoms. The lowest BCUT2D eigenvalue weighted by atomic mass is 9.95. The van der Waals surface area contributed by atoms with Gasteiger partial charge in [0.2, 0.25) is 5.56 Å². The van der Waals surface area contributed by atoms with Gasteiger partial charge in [-0.3, -0.25) is 44.8 Å². The largest absolute Gasteiger partial charge is 0.484 e. The van der Waals surface area contributed by atoms with Crippen molar-refractivity contribution in [1.82, 2.24) is 105 Å². The molecule has 0 saturated heterocycles. The summed E-state index contributed by atoms with van der Waals surface area (Å²) in [5.74, 6) is 0.493. The molecule has 0 saturated carbocycles. The maximum atomic E-state index is 12.7. The zero-order chi connectivity index (χ0) is 91.2. The normalized spacial score (nSPS) is 13.8. The number of aliphatic imine (C=N–C) groups is 1. The molecule has 14 heterocycles. The molecule has 14 aromatic rings. The van der Waals surface area contributed by atoms with E-state index in [2.05, 4.69) is 89.1 Å². The molecule has 20 rings (SSSR count). The molecule has 0 atom stereocenters. The summed E-state index contributed by atoms with van der Waals surface area (Å²) in [4.78, 5) is 124. The van der Waals surface area contributed by atoms with E-state index >= 15 is 0 Å². The number of ether oxygens (including phenoxy) is 2. The number of aryl methyl sites for hydroxylation is 2. The minimum Gasteiger partial charge on any atom is -0.484 e. The molecule has 8 aromatic heterocycles. The highest BCUT2D eigenvalue weighted by Gasteiger charge is 2.33. The highest BCUT2D eigenvalue weighted by Crippen LogP contribution is 2.34. The van der Waals surface area contributed by atoms with Crippen molar-refractivity contribution in [2.24, 2.45) is 19.1 Å². The fraction of sp³-hybridized carbons (Fsp3) is 0.232. The van der Waals surface area contributed by atoms with Crippen LogP contribution >= 0.6 is 0 Å². The number of pyridine rings is 3. The van der Waals surface area contributed by atoms with Crippen molar-refractivity contribution in [2.75, 3.05) is 64.8 Å². The van der Waals surface area contributed by atoms with Crippen LogP contribution < -0.4 is 37.1 Å². The number of aromatic nitrogens is 13. The number of fused-ring (bicyclic) bond motifs is 4. The van der Waals surface area contributed by atoms with Gasteiger partial charge in [0.25, 0.3) is 11.5 Å². The van der Waals surface area contributed by atoms with Gasteiger partial charge in [-0.15, -0.1) is 0 Å². The summed E-state index contributed by atoms with van der Waals surface area (Å²) in [6, 6.07) is 68.4. The van der Waals surface area contributed by atoms with Crippen molar-refractivity contribution >= 4 is 47.4 Å². The fourth-order valence-electron chi connectivity index (χ4n) is 16.3. The quantitative estimate of drug-likeness (QED) is 0.0417. The van der Waals surface area contributed by atoms with Crippen molar-refractivity contribution < 1.29 is 38.2 Å². The van der Waals surface area contributed by atoms with Crippen molar-refractivity contribution in [1.29, 1.82) is 0 Å². The third kappa shape index (κ3) is 21.8. The minimum absolute atomic E-state index is 0.0676. The molecular weight excluding hydrogens is 1670 g/mol. The summed E-state index contributed by atoms with van der Waals surface area (Å²) in [6.07, 6.45) is 14.0. The molecule has 0 aliphatic carbocycles. The number of aromatic amines is 4. The first-order valence-corrected chi connectivity index (χ1v) is 43.5. The second kappa shape index (κ2) is 42.4. The van der Waals surface area contributed by atoms with E-state index in [4.69, 9.17) is 14.5 Å². The third-order valence-corrected chi connectivity index (χ3v) is 23.4. The SMILES string of the molecule is COC(=O)c1cccc(OCC(=O)N2CCc3[nH]nc(-c4ccccc4)c3C2)c1.Cn1cc(CNC(=O)N2CCc3[nH]nc(-c4ccccc4)c3C2)ccc1=O.Cn1cccc(CNC(=O)N2CCc3[nH]nc(-c4ccccc4)c3C2)c1=O.O=C(NCc1ncccn1)N1CCc2[nH]nc(-c3ccccc3)c2C1.O=C(Nc1cccnc1)N1CCC2=C(C1)C(c1ccccc1)=NC2. The van der Waals surface area contributed by atoms with E-state index in [0.29, 0.717) is 100 Å². The predicted molar refractivity (Wildman–Crippen MR) is 497 cm³/mol. The van der Waals surface area contributed by atoms with Crippen LogP contribution in [0.2, 0.25) is 0 Å². The molecule has 6 aromatic carbocycles.